The summed E-state index contributed by atoms with van der Waals surface area (Å²) in [5.74, 6) is 0. The molecule has 16 heavy (non-hydrogen) atoms. The van der Waals surface area contributed by atoms with Gasteiger partial charge in [-0.1, -0.05) is 6.07 Å². The largest absolute Gasteiger partial charge is 0.374 e. The number of nitrogens with zero attached hydrogens (tertiary/aromatic N) is 1. The van der Waals surface area contributed by atoms with Crippen LogP contribution in [0.5, 0.6) is 0 Å². The van der Waals surface area contributed by atoms with E-state index >= 15 is 0 Å². The Morgan fingerprint density at radius 2 is 1.69 bits per heavy atom. The van der Waals surface area contributed by atoms with E-state index in [1.165, 1.54) is 22.4 Å². The summed E-state index contributed by atoms with van der Waals surface area (Å²) in [5, 5.41) is 0. The van der Waals surface area contributed by atoms with Crippen LogP contribution in [0.15, 0.2) is 12.1 Å². The first-order chi connectivity index (χ1) is 7.41. The predicted molar refractivity (Wildman–Crippen MR) is 72.2 cm³/mol. The third-order valence-electron chi connectivity index (χ3n) is 3.14. The highest BCUT2D eigenvalue weighted by molar-refractivity contribution is 5.56. The first-order valence-electron chi connectivity index (χ1n) is 5.96. The van der Waals surface area contributed by atoms with E-state index in [4.69, 9.17) is 5.73 Å². The van der Waals surface area contributed by atoms with Crippen molar-refractivity contribution in [2.45, 2.75) is 40.2 Å². The van der Waals surface area contributed by atoms with Gasteiger partial charge in [-0.3, -0.25) is 0 Å². The molecule has 2 heteroatoms. The molecule has 0 heterocycles. The molecule has 1 aromatic rings. The summed E-state index contributed by atoms with van der Waals surface area (Å²) in [5.41, 5.74) is 11.2. The summed E-state index contributed by atoms with van der Waals surface area (Å²) in [6.45, 7) is 9.57. The third-order valence-corrected chi connectivity index (χ3v) is 3.14. The second-order valence-electron chi connectivity index (χ2n) is 4.91. The molecule has 1 atom stereocenters. The van der Waals surface area contributed by atoms with E-state index in [-0.39, 0.29) is 6.04 Å². The van der Waals surface area contributed by atoms with Crippen LogP contribution in [0, 0.1) is 20.8 Å². The maximum Gasteiger partial charge on any atom is 0.0396 e. The molecule has 0 aliphatic carbocycles. The van der Waals surface area contributed by atoms with Crippen LogP contribution in [0.1, 0.15) is 30.0 Å². The van der Waals surface area contributed by atoms with Crippen LogP contribution in [-0.4, -0.2) is 19.6 Å². The van der Waals surface area contributed by atoms with Crippen LogP contribution in [0.4, 0.5) is 5.69 Å². The van der Waals surface area contributed by atoms with Gasteiger partial charge >= 0.3 is 0 Å². The van der Waals surface area contributed by atoms with E-state index in [2.05, 4.69) is 51.8 Å². The van der Waals surface area contributed by atoms with Crippen LogP contribution in [-0.2, 0) is 0 Å². The van der Waals surface area contributed by atoms with Crippen LogP contribution >= 0.6 is 0 Å². The molecule has 0 saturated carbocycles. The molecule has 0 bridgehead atoms. The molecule has 0 radical (unpaired) electrons. The SMILES string of the molecule is Cc1cc(C)c(N(C)CCC(C)N)cc1C. The summed E-state index contributed by atoms with van der Waals surface area (Å²) in [6.07, 6.45) is 1.03. The van der Waals surface area contributed by atoms with Crippen molar-refractivity contribution in [2.75, 3.05) is 18.5 Å². The Hall–Kier alpha value is -1.02. The molecular weight excluding hydrogens is 196 g/mol. The van der Waals surface area contributed by atoms with E-state index in [0.29, 0.717) is 0 Å². The maximum absolute atomic E-state index is 5.78. The number of aryl methyl sites for hydroxylation is 3. The minimum atomic E-state index is 0.273. The topological polar surface area (TPSA) is 29.3 Å². The fourth-order valence-electron chi connectivity index (χ4n) is 1.87. The van der Waals surface area contributed by atoms with Crippen molar-refractivity contribution in [3.05, 3.63) is 28.8 Å². The smallest absolute Gasteiger partial charge is 0.0396 e. The van der Waals surface area contributed by atoms with Crippen molar-refractivity contribution in [1.29, 1.82) is 0 Å². The van der Waals surface area contributed by atoms with Gasteiger partial charge in [0.25, 0.3) is 0 Å². The van der Waals surface area contributed by atoms with Crippen molar-refractivity contribution in [2.24, 2.45) is 5.73 Å². The lowest BCUT2D eigenvalue weighted by molar-refractivity contribution is 0.658. The van der Waals surface area contributed by atoms with Crippen LogP contribution in [0.2, 0.25) is 0 Å². The zero-order valence-electron chi connectivity index (χ0n) is 11.2. The van der Waals surface area contributed by atoms with Gasteiger partial charge in [0.15, 0.2) is 0 Å². The Kier molecular flexibility index (Phi) is 4.36. The second kappa shape index (κ2) is 5.35. The molecule has 0 aliphatic heterocycles. The molecule has 0 aromatic heterocycles. The van der Waals surface area contributed by atoms with Crippen LogP contribution in [0.3, 0.4) is 0 Å². The summed E-state index contributed by atoms with van der Waals surface area (Å²) in [6, 6.07) is 4.80. The van der Waals surface area contributed by atoms with Gasteiger partial charge in [0.1, 0.15) is 0 Å². The number of hydrogen-bond donors (Lipinski definition) is 1. The average Bonchev–Trinajstić information content (AvgIpc) is 2.20. The summed E-state index contributed by atoms with van der Waals surface area (Å²) in [7, 11) is 2.14. The lowest BCUT2D eigenvalue weighted by atomic mass is 10.0. The molecule has 0 fully saturated rings. The fraction of sp³-hybridized carbons (Fsp3) is 0.571. The standard InChI is InChI=1S/C14H24N2/c1-10-8-12(3)14(9-11(10)2)16(5)7-6-13(4)15/h8-9,13H,6-7,15H2,1-5H3. The monoisotopic (exact) mass is 220 g/mol. The zero-order chi connectivity index (χ0) is 12.3. The Labute approximate surface area is 99.5 Å². The maximum atomic E-state index is 5.78. The summed E-state index contributed by atoms with van der Waals surface area (Å²) in [4.78, 5) is 2.30. The van der Waals surface area contributed by atoms with Gasteiger partial charge in [-0.25, -0.2) is 0 Å². The van der Waals surface area contributed by atoms with Gasteiger partial charge in [-0.2, -0.15) is 0 Å². The Morgan fingerprint density at radius 3 is 2.25 bits per heavy atom. The third kappa shape index (κ3) is 3.24. The van der Waals surface area contributed by atoms with E-state index in [0.717, 1.165) is 13.0 Å². The van der Waals surface area contributed by atoms with Gasteiger partial charge in [0.2, 0.25) is 0 Å². The molecule has 1 unspecified atom stereocenters. The fourth-order valence-corrected chi connectivity index (χ4v) is 1.87. The van der Waals surface area contributed by atoms with Gasteiger partial charge in [0.05, 0.1) is 0 Å². The number of rotatable bonds is 4. The van der Waals surface area contributed by atoms with Gasteiger partial charge in [-0.15, -0.1) is 0 Å². The van der Waals surface area contributed by atoms with Gasteiger partial charge in [-0.05, 0) is 56.9 Å². The number of anilines is 1. The number of hydrogen-bond acceptors (Lipinski definition) is 2. The Bertz CT molecular complexity index is 356. The highest BCUT2D eigenvalue weighted by atomic mass is 15.1. The molecule has 2 nitrogen and oxygen atoms in total. The highest BCUT2D eigenvalue weighted by Crippen LogP contribution is 2.23. The minimum absolute atomic E-state index is 0.273. The molecule has 1 rings (SSSR count). The molecule has 0 aliphatic rings. The Morgan fingerprint density at radius 1 is 1.12 bits per heavy atom. The molecule has 1 aromatic carbocycles. The first-order valence-corrected chi connectivity index (χ1v) is 5.96. The lowest BCUT2D eigenvalue weighted by Gasteiger charge is -2.23. The number of nitrogens with two attached hydrogens (primary N) is 1. The van der Waals surface area contributed by atoms with E-state index < -0.39 is 0 Å². The van der Waals surface area contributed by atoms with Crippen molar-refractivity contribution >= 4 is 5.69 Å². The molecule has 2 N–H and O–H groups in total. The van der Waals surface area contributed by atoms with Crippen molar-refractivity contribution in [3.63, 3.8) is 0 Å². The van der Waals surface area contributed by atoms with Crippen LogP contribution in [0.25, 0.3) is 0 Å². The van der Waals surface area contributed by atoms with Crippen LogP contribution < -0.4 is 10.6 Å². The minimum Gasteiger partial charge on any atom is -0.374 e. The van der Waals surface area contributed by atoms with E-state index in [1.807, 2.05) is 0 Å². The van der Waals surface area contributed by atoms with Crippen molar-refractivity contribution < 1.29 is 0 Å². The predicted octanol–water partition coefficient (Wildman–Crippen LogP) is 2.79. The second-order valence-corrected chi connectivity index (χ2v) is 4.91. The van der Waals surface area contributed by atoms with Gasteiger partial charge in [0, 0.05) is 25.3 Å². The van der Waals surface area contributed by atoms with Gasteiger partial charge < -0.3 is 10.6 Å². The summed E-state index contributed by atoms with van der Waals surface area (Å²) < 4.78 is 0. The normalized spacial score (nSPS) is 12.6. The van der Waals surface area contributed by atoms with E-state index in [9.17, 15) is 0 Å². The van der Waals surface area contributed by atoms with Crippen molar-refractivity contribution in [3.8, 4) is 0 Å². The zero-order valence-corrected chi connectivity index (χ0v) is 11.2. The molecule has 0 saturated heterocycles. The highest BCUT2D eigenvalue weighted by Gasteiger charge is 2.07. The molecule has 0 amide bonds. The lowest BCUT2D eigenvalue weighted by Crippen LogP contribution is -2.26. The summed E-state index contributed by atoms with van der Waals surface area (Å²) >= 11 is 0. The molecular formula is C14H24N2. The molecule has 0 spiro atoms. The van der Waals surface area contributed by atoms with Crippen molar-refractivity contribution in [1.82, 2.24) is 0 Å². The van der Waals surface area contributed by atoms with E-state index in [1.54, 1.807) is 0 Å². The molecule has 90 valence electrons. The Balaban J connectivity index is 2.82. The quantitative estimate of drug-likeness (QED) is 0.845. The average molecular weight is 220 g/mol. The number of benzene rings is 1. The first kappa shape index (κ1) is 13.0.